The van der Waals surface area contributed by atoms with Gasteiger partial charge < -0.3 is 9.88 Å². The highest BCUT2D eigenvalue weighted by molar-refractivity contribution is 7.78. The summed E-state index contributed by atoms with van der Waals surface area (Å²) < 4.78 is 13.9. The van der Waals surface area contributed by atoms with E-state index < -0.39 is 7.14 Å². The Morgan fingerprint density at radius 1 is 0.760 bits per heavy atom. The van der Waals surface area contributed by atoms with E-state index >= 15 is 0 Å². The molecular weight excluding hydrogens is 325 g/mol. The number of hydrogen-bond donors (Lipinski definition) is 1. The minimum atomic E-state index is -2.63. The van der Waals surface area contributed by atoms with Gasteiger partial charge in [-0.2, -0.15) is 0 Å². The third-order valence-electron chi connectivity index (χ3n) is 4.52. The molecule has 0 radical (unpaired) electrons. The Morgan fingerprint density at radius 3 is 1.68 bits per heavy atom. The van der Waals surface area contributed by atoms with E-state index in [0.717, 1.165) is 10.6 Å². The zero-order chi connectivity index (χ0) is 17.5. The highest BCUT2D eigenvalue weighted by Gasteiger charge is 2.26. The first kappa shape index (κ1) is 17.7. The van der Waals surface area contributed by atoms with Crippen molar-refractivity contribution < 1.29 is 4.57 Å². The lowest BCUT2D eigenvalue weighted by Crippen LogP contribution is -2.27. The number of benzene rings is 3. The van der Waals surface area contributed by atoms with Crippen LogP contribution in [0.3, 0.4) is 0 Å². The third-order valence-corrected chi connectivity index (χ3v) is 7.64. The first-order chi connectivity index (χ1) is 12.2. The molecule has 0 aliphatic heterocycles. The summed E-state index contributed by atoms with van der Waals surface area (Å²) in [5.74, 6) is 0. The van der Waals surface area contributed by atoms with Gasteiger partial charge in [0, 0.05) is 29.4 Å². The van der Waals surface area contributed by atoms with E-state index in [1.54, 1.807) is 0 Å². The second-order valence-electron chi connectivity index (χ2n) is 6.22. The topological polar surface area (TPSA) is 29.1 Å². The highest BCUT2D eigenvalue weighted by atomic mass is 31.2. The van der Waals surface area contributed by atoms with Crippen molar-refractivity contribution in [2.45, 2.75) is 13.0 Å². The quantitative estimate of drug-likeness (QED) is 0.643. The number of hydrogen-bond acceptors (Lipinski definition) is 2. The van der Waals surface area contributed by atoms with Crippen molar-refractivity contribution in [2.75, 3.05) is 12.7 Å². The van der Waals surface area contributed by atoms with Crippen LogP contribution in [0.5, 0.6) is 0 Å². The minimum Gasteiger partial charge on any atom is -0.314 e. The van der Waals surface area contributed by atoms with E-state index in [0.29, 0.717) is 12.7 Å². The highest BCUT2D eigenvalue weighted by Crippen LogP contribution is 2.42. The van der Waals surface area contributed by atoms with Crippen molar-refractivity contribution in [1.82, 2.24) is 5.32 Å². The lowest BCUT2D eigenvalue weighted by Gasteiger charge is -2.21. The van der Waals surface area contributed by atoms with Crippen LogP contribution >= 0.6 is 7.14 Å². The first-order valence-electron chi connectivity index (χ1n) is 8.69. The molecule has 0 amide bonds. The molecule has 3 heteroatoms. The van der Waals surface area contributed by atoms with Crippen LogP contribution in [0.1, 0.15) is 18.5 Å². The Labute approximate surface area is 150 Å². The Balaban J connectivity index is 1.77. The molecule has 0 heterocycles. The molecule has 3 aromatic carbocycles. The lowest BCUT2D eigenvalue weighted by molar-refractivity contribution is 0.572. The summed E-state index contributed by atoms with van der Waals surface area (Å²) in [4.78, 5) is 0. The summed E-state index contributed by atoms with van der Waals surface area (Å²) in [5, 5.41) is 5.37. The van der Waals surface area contributed by atoms with Crippen LogP contribution in [0, 0.1) is 0 Å². The molecule has 0 aliphatic rings. The molecule has 25 heavy (non-hydrogen) atoms. The maximum absolute atomic E-state index is 13.9. The van der Waals surface area contributed by atoms with Gasteiger partial charge in [0.2, 0.25) is 0 Å². The Morgan fingerprint density at radius 2 is 1.20 bits per heavy atom. The van der Waals surface area contributed by atoms with Crippen LogP contribution in [0.15, 0.2) is 91.0 Å². The fourth-order valence-electron chi connectivity index (χ4n) is 3.04. The fourth-order valence-corrected chi connectivity index (χ4v) is 5.61. The van der Waals surface area contributed by atoms with E-state index in [1.165, 1.54) is 5.56 Å². The van der Waals surface area contributed by atoms with Crippen molar-refractivity contribution in [3.63, 3.8) is 0 Å². The van der Waals surface area contributed by atoms with Gasteiger partial charge in [0.25, 0.3) is 0 Å². The van der Waals surface area contributed by atoms with Crippen LogP contribution in [0.25, 0.3) is 0 Å². The van der Waals surface area contributed by atoms with Crippen molar-refractivity contribution >= 4 is 17.8 Å². The maximum Gasteiger partial charge on any atom is 0.144 e. The van der Waals surface area contributed by atoms with Gasteiger partial charge in [-0.05, 0) is 12.5 Å². The molecule has 1 N–H and O–H groups in total. The standard InChI is InChI=1S/C22H24NOP/c1-19(20-11-5-2-6-12-20)23-17-18-25(24,21-13-7-3-8-14-21)22-15-9-4-10-16-22/h2-16,19,23H,17-18H2,1H3/t19-/m0/s1. The number of nitrogens with one attached hydrogen (secondary N) is 1. The number of rotatable bonds is 7. The first-order valence-corrected chi connectivity index (χ1v) is 10.6. The molecule has 1 atom stereocenters. The van der Waals surface area contributed by atoms with Gasteiger partial charge in [-0.1, -0.05) is 91.0 Å². The van der Waals surface area contributed by atoms with Gasteiger partial charge in [-0.25, -0.2) is 0 Å². The Kier molecular flexibility index (Phi) is 5.86. The third kappa shape index (κ3) is 4.28. The van der Waals surface area contributed by atoms with Crippen LogP contribution < -0.4 is 15.9 Å². The SMILES string of the molecule is C[C@H](NCCP(=O)(c1ccccc1)c1ccccc1)c1ccccc1. The second kappa shape index (κ2) is 8.29. The molecule has 0 unspecified atom stereocenters. The maximum atomic E-state index is 13.9. The average molecular weight is 349 g/mol. The molecule has 2 nitrogen and oxygen atoms in total. The summed E-state index contributed by atoms with van der Waals surface area (Å²) in [6.07, 6.45) is 0.609. The monoisotopic (exact) mass is 349 g/mol. The van der Waals surface area contributed by atoms with Gasteiger partial charge in [0.05, 0.1) is 0 Å². The van der Waals surface area contributed by atoms with Crippen molar-refractivity contribution in [1.29, 1.82) is 0 Å². The van der Waals surface area contributed by atoms with Gasteiger partial charge in [0.1, 0.15) is 7.14 Å². The molecule has 0 spiro atoms. The van der Waals surface area contributed by atoms with E-state index in [4.69, 9.17) is 0 Å². The average Bonchev–Trinajstić information content (AvgIpc) is 2.70. The van der Waals surface area contributed by atoms with Crippen molar-refractivity contribution in [2.24, 2.45) is 0 Å². The molecule has 0 aromatic heterocycles. The van der Waals surface area contributed by atoms with Crippen LogP contribution in [-0.4, -0.2) is 12.7 Å². The molecule has 128 valence electrons. The van der Waals surface area contributed by atoms with E-state index in [1.807, 2.05) is 78.9 Å². The van der Waals surface area contributed by atoms with E-state index in [-0.39, 0.29) is 6.04 Å². The zero-order valence-electron chi connectivity index (χ0n) is 14.5. The minimum absolute atomic E-state index is 0.237. The predicted octanol–water partition coefficient (Wildman–Crippen LogP) is 4.35. The molecule has 3 rings (SSSR count). The normalized spacial score (nSPS) is 12.7. The smallest absolute Gasteiger partial charge is 0.144 e. The fraction of sp³-hybridized carbons (Fsp3) is 0.182. The Bertz CT molecular complexity index is 775. The summed E-state index contributed by atoms with van der Waals surface area (Å²) in [6, 6.07) is 30.3. The van der Waals surface area contributed by atoms with Gasteiger partial charge in [-0.3, -0.25) is 0 Å². The second-order valence-corrected chi connectivity index (χ2v) is 9.18. The molecule has 0 aliphatic carbocycles. The van der Waals surface area contributed by atoms with Gasteiger partial charge in [0.15, 0.2) is 0 Å². The molecule has 3 aromatic rings. The summed E-state index contributed by atoms with van der Waals surface area (Å²) in [6.45, 7) is 2.85. The van der Waals surface area contributed by atoms with Gasteiger partial charge in [-0.15, -0.1) is 0 Å². The summed E-state index contributed by atoms with van der Waals surface area (Å²) >= 11 is 0. The predicted molar refractivity (Wildman–Crippen MR) is 107 cm³/mol. The van der Waals surface area contributed by atoms with Crippen LogP contribution in [0.2, 0.25) is 0 Å². The summed E-state index contributed by atoms with van der Waals surface area (Å²) in [5.41, 5.74) is 1.25. The van der Waals surface area contributed by atoms with Crippen LogP contribution in [0.4, 0.5) is 0 Å². The zero-order valence-corrected chi connectivity index (χ0v) is 15.4. The lowest BCUT2D eigenvalue weighted by atomic mass is 10.1. The van der Waals surface area contributed by atoms with Crippen molar-refractivity contribution in [3.8, 4) is 0 Å². The molecule has 0 saturated carbocycles. The molecule has 0 bridgehead atoms. The van der Waals surface area contributed by atoms with Crippen LogP contribution in [-0.2, 0) is 4.57 Å². The molecule has 0 fully saturated rings. The van der Waals surface area contributed by atoms with E-state index in [9.17, 15) is 4.57 Å². The molecule has 0 saturated heterocycles. The largest absolute Gasteiger partial charge is 0.314 e. The van der Waals surface area contributed by atoms with Gasteiger partial charge >= 0.3 is 0 Å². The summed E-state index contributed by atoms with van der Waals surface area (Å²) in [7, 11) is -2.63. The van der Waals surface area contributed by atoms with Crippen molar-refractivity contribution in [3.05, 3.63) is 96.6 Å². The Hall–Kier alpha value is -2.15. The van der Waals surface area contributed by atoms with E-state index in [2.05, 4.69) is 24.4 Å². The molecular formula is C22H24NOP.